The molecule has 0 fully saturated rings. The van der Waals surface area contributed by atoms with Gasteiger partial charge in [0.25, 0.3) is 6.47 Å². The molecule has 0 aliphatic carbocycles. The number of hydrogen-bond acceptors (Lipinski definition) is 3. The zero-order chi connectivity index (χ0) is 8.53. The molecule has 0 unspecified atom stereocenters. The average Bonchev–Trinajstić information content (AvgIpc) is 2.07. The lowest BCUT2D eigenvalue weighted by Crippen LogP contribution is -1.68. The van der Waals surface area contributed by atoms with Gasteiger partial charge in [-0.1, -0.05) is 17.7 Å². The minimum atomic E-state index is 0.375. The van der Waals surface area contributed by atoms with E-state index in [-0.39, 0.29) is 0 Å². The minimum absolute atomic E-state index is 0.375. The van der Waals surface area contributed by atoms with Crippen LogP contribution in [-0.2, 0) is 9.53 Å². The van der Waals surface area contributed by atoms with Gasteiger partial charge in [0.1, 0.15) is 5.15 Å². The average molecular weight is 174 g/mol. The molecule has 11 heavy (non-hydrogen) atoms. The number of methoxy groups -OCH3 is 1. The summed E-state index contributed by atoms with van der Waals surface area (Å²) in [7, 11) is 1.31. The van der Waals surface area contributed by atoms with Crippen molar-refractivity contribution in [2.75, 3.05) is 7.11 Å². The van der Waals surface area contributed by atoms with Crippen LogP contribution >= 0.6 is 11.6 Å². The van der Waals surface area contributed by atoms with Gasteiger partial charge in [-0.25, -0.2) is 4.98 Å². The van der Waals surface area contributed by atoms with Crippen LogP contribution in [0.25, 0.3) is 0 Å². The Hall–Kier alpha value is -1.09. The van der Waals surface area contributed by atoms with Crippen LogP contribution in [0, 0.1) is 0 Å². The Morgan fingerprint density at radius 1 is 1.64 bits per heavy atom. The van der Waals surface area contributed by atoms with Gasteiger partial charge in [-0.3, -0.25) is 4.79 Å². The van der Waals surface area contributed by atoms with Gasteiger partial charge in [-0.2, -0.15) is 0 Å². The summed E-state index contributed by atoms with van der Waals surface area (Å²) in [5.41, 5.74) is 0. The predicted molar refractivity (Wildman–Crippen MR) is 42.3 cm³/mol. The van der Waals surface area contributed by atoms with Crippen LogP contribution < -0.4 is 0 Å². The number of halogens is 1. The van der Waals surface area contributed by atoms with Crippen molar-refractivity contribution in [2.45, 2.75) is 0 Å². The van der Waals surface area contributed by atoms with Gasteiger partial charge in [-0.05, 0) is 12.1 Å². The number of rotatable bonds is 1. The Kier molecular flexibility index (Phi) is 6.33. The third kappa shape index (κ3) is 6.80. The Balaban J connectivity index is 0.000000218. The zero-order valence-corrected chi connectivity index (χ0v) is 6.78. The summed E-state index contributed by atoms with van der Waals surface area (Å²) in [5, 5.41) is 0.544. The lowest BCUT2D eigenvalue weighted by molar-refractivity contribution is -0.126. The molecule has 0 N–H and O–H groups in total. The fourth-order valence-corrected chi connectivity index (χ4v) is 0.471. The van der Waals surface area contributed by atoms with Gasteiger partial charge >= 0.3 is 0 Å². The second kappa shape index (κ2) is 7.02. The Labute approximate surface area is 70.0 Å². The molecule has 60 valence electrons. The highest BCUT2D eigenvalue weighted by Gasteiger charge is 1.76. The van der Waals surface area contributed by atoms with Crippen molar-refractivity contribution in [3.05, 3.63) is 29.5 Å². The summed E-state index contributed by atoms with van der Waals surface area (Å²) < 4.78 is 3.86. The fraction of sp³-hybridized carbons (Fsp3) is 0.143. The lowest BCUT2D eigenvalue weighted by Gasteiger charge is -1.79. The van der Waals surface area contributed by atoms with Crippen LogP contribution in [0.4, 0.5) is 0 Å². The van der Waals surface area contributed by atoms with Crippen LogP contribution in [0.15, 0.2) is 24.4 Å². The maximum Gasteiger partial charge on any atom is 0.292 e. The summed E-state index contributed by atoms with van der Waals surface area (Å²) in [4.78, 5) is 12.7. The quantitative estimate of drug-likeness (QED) is 0.478. The standard InChI is InChI=1S/C5H4ClN.C2H4O2/c6-5-3-1-2-4-7-5;1-4-2-3/h1-4H;2H,1H3. The summed E-state index contributed by atoms with van der Waals surface area (Å²) in [6.45, 7) is 0.375. The van der Waals surface area contributed by atoms with Crippen molar-refractivity contribution in [3.63, 3.8) is 0 Å². The maximum absolute atomic E-state index is 8.95. The minimum Gasteiger partial charge on any atom is -0.471 e. The normalized spacial score (nSPS) is 7.45. The molecule has 1 rings (SSSR count). The Morgan fingerprint density at radius 3 is 2.45 bits per heavy atom. The molecule has 0 aliphatic rings. The number of carbonyl (C=O) groups excluding carboxylic acids is 1. The van der Waals surface area contributed by atoms with E-state index in [4.69, 9.17) is 16.4 Å². The van der Waals surface area contributed by atoms with Crippen molar-refractivity contribution in [3.8, 4) is 0 Å². The number of pyridine rings is 1. The highest BCUT2D eigenvalue weighted by atomic mass is 35.5. The van der Waals surface area contributed by atoms with E-state index in [9.17, 15) is 0 Å². The molecule has 1 aromatic rings. The van der Waals surface area contributed by atoms with Crippen LogP contribution in [0.3, 0.4) is 0 Å². The predicted octanol–water partition coefficient (Wildman–Crippen LogP) is 1.52. The molecular weight excluding hydrogens is 166 g/mol. The van der Waals surface area contributed by atoms with Gasteiger partial charge in [0.2, 0.25) is 0 Å². The second-order valence-electron chi connectivity index (χ2n) is 1.48. The number of ether oxygens (including phenoxy) is 1. The molecule has 0 atom stereocenters. The van der Waals surface area contributed by atoms with Crippen molar-refractivity contribution in [1.82, 2.24) is 4.98 Å². The molecule has 4 heteroatoms. The molecular formula is C7H8ClNO2. The van der Waals surface area contributed by atoms with E-state index in [2.05, 4.69) is 9.72 Å². The van der Waals surface area contributed by atoms with Crippen molar-refractivity contribution in [2.24, 2.45) is 0 Å². The van der Waals surface area contributed by atoms with Crippen LogP contribution in [-0.4, -0.2) is 18.6 Å². The maximum atomic E-state index is 8.95. The van der Waals surface area contributed by atoms with Crippen LogP contribution in [0.2, 0.25) is 5.15 Å². The van der Waals surface area contributed by atoms with Gasteiger partial charge in [-0.15, -0.1) is 0 Å². The van der Waals surface area contributed by atoms with Gasteiger partial charge in [0.15, 0.2) is 0 Å². The molecule has 1 heterocycles. The second-order valence-corrected chi connectivity index (χ2v) is 1.87. The lowest BCUT2D eigenvalue weighted by atomic mass is 10.5. The molecule has 0 saturated heterocycles. The Morgan fingerprint density at radius 2 is 2.27 bits per heavy atom. The highest BCUT2D eigenvalue weighted by Crippen LogP contribution is 1.98. The molecule has 0 bridgehead atoms. The fourth-order valence-electron chi connectivity index (χ4n) is 0.342. The molecule has 1 aromatic heterocycles. The number of aromatic nitrogens is 1. The van der Waals surface area contributed by atoms with Crippen molar-refractivity contribution in [1.29, 1.82) is 0 Å². The van der Waals surface area contributed by atoms with Crippen molar-refractivity contribution >= 4 is 18.1 Å². The topological polar surface area (TPSA) is 39.2 Å². The number of carbonyl (C=O) groups is 1. The largest absolute Gasteiger partial charge is 0.471 e. The first-order chi connectivity index (χ1) is 5.31. The smallest absolute Gasteiger partial charge is 0.292 e. The van der Waals surface area contributed by atoms with E-state index < -0.39 is 0 Å². The van der Waals surface area contributed by atoms with Gasteiger partial charge in [0.05, 0.1) is 7.11 Å². The van der Waals surface area contributed by atoms with Gasteiger partial charge in [0, 0.05) is 6.20 Å². The SMILES string of the molecule is COC=O.Clc1ccccn1. The first-order valence-electron chi connectivity index (χ1n) is 2.84. The molecule has 0 radical (unpaired) electrons. The van der Waals surface area contributed by atoms with Crippen LogP contribution in [0.5, 0.6) is 0 Å². The summed E-state index contributed by atoms with van der Waals surface area (Å²) >= 11 is 5.43. The van der Waals surface area contributed by atoms with E-state index >= 15 is 0 Å². The molecule has 0 aliphatic heterocycles. The molecule has 0 aromatic carbocycles. The third-order valence-corrected chi connectivity index (χ3v) is 0.949. The van der Waals surface area contributed by atoms with E-state index in [0.29, 0.717) is 11.6 Å². The molecule has 3 nitrogen and oxygen atoms in total. The number of nitrogens with zero attached hydrogens (tertiary/aromatic N) is 1. The van der Waals surface area contributed by atoms with Crippen molar-refractivity contribution < 1.29 is 9.53 Å². The molecule has 0 spiro atoms. The number of hydrogen-bond donors (Lipinski definition) is 0. The summed E-state index contributed by atoms with van der Waals surface area (Å²) in [5.74, 6) is 0. The monoisotopic (exact) mass is 173 g/mol. The van der Waals surface area contributed by atoms with Crippen LogP contribution in [0.1, 0.15) is 0 Å². The molecule has 0 amide bonds. The summed E-state index contributed by atoms with van der Waals surface area (Å²) in [6, 6.07) is 5.41. The van der Waals surface area contributed by atoms with E-state index in [1.54, 1.807) is 12.3 Å². The zero-order valence-electron chi connectivity index (χ0n) is 6.03. The van der Waals surface area contributed by atoms with E-state index in [0.717, 1.165) is 0 Å². The van der Waals surface area contributed by atoms with E-state index in [1.165, 1.54) is 7.11 Å². The third-order valence-electron chi connectivity index (χ3n) is 0.725. The Bertz CT molecular complexity index is 191. The highest BCUT2D eigenvalue weighted by molar-refractivity contribution is 6.29. The molecule has 0 saturated carbocycles. The van der Waals surface area contributed by atoms with Gasteiger partial charge < -0.3 is 4.74 Å². The first kappa shape index (κ1) is 9.91. The summed E-state index contributed by atoms with van der Waals surface area (Å²) in [6.07, 6.45) is 1.66. The first-order valence-corrected chi connectivity index (χ1v) is 3.22. The van der Waals surface area contributed by atoms with E-state index in [1.807, 2.05) is 12.1 Å².